The molecule has 2 saturated heterocycles. The number of hydrogen-bond donors (Lipinski definition) is 1. The Hall–Kier alpha value is -1.95. The monoisotopic (exact) mass is 289 g/mol. The summed E-state index contributed by atoms with van der Waals surface area (Å²) in [4.78, 5) is 24.9. The van der Waals surface area contributed by atoms with E-state index in [-0.39, 0.29) is 17.6 Å². The molecule has 2 aliphatic rings. The summed E-state index contributed by atoms with van der Waals surface area (Å²) in [7, 11) is 0. The summed E-state index contributed by atoms with van der Waals surface area (Å²) in [6.45, 7) is 1.75. The first-order valence-corrected chi connectivity index (χ1v) is 7.45. The molecule has 0 bridgehead atoms. The summed E-state index contributed by atoms with van der Waals surface area (Å²) in [6, 6.07) is 6.61. The van der Waals surface area contributed by atoms with Crippen molar-refractivity contribution >= 4 is 11.6 Å². The molecule has 6 nitrogen and oxygen atoms in total. The van der Waals surface area contributed by atoms with Crippen molar-refractivity contribution in [2.75, 3.05) is 13.1 Å². The third-order valence-electron chi connectivity index (χ3n) is 4.43. The van der Waals surface area contributed by atoms with Crippen molar-refractivity contribution in [3.63, 3.8) is 0 Å². The van der Waals surface area contributed by atoms with Gasteiger partial charge in [-0.1, -0.05) is 6.07 Å². The maximum Gasteiger partial charge on any atom is 0.270 e. The number of benzene rings is 1. The van der Waals surface area contributed by atoms with E-state index < -0.39 is 4.92 Å². The zero-order valence-electron chi connectivity index (χ0n) is 11.8. The number of carbonyl (C=O) groups excluding carboxylic acids is 1. The summed E-state index contributed by atoms with van der Waals surface area (Å²) in [5.41, 5.74) is 0.379. The molecule has 0 aliphatic carbocycles. The molecule has 2 aliphatic heterocycles. The van der Waals surface area contributed by atoms with Crippen LogP contribution in [0.15, 0.2) is 24.3 Å². The fourth-order valence-electron chi connectivity index (χ4n) is 3.42. The molecule has 1 aromatic carbocycles. The molecule has 2 fully saturated rings. The fourth-order valence-corrected chi connectivity index (χ4v) is 3.42. The number of non-ortho nitro benzene ring substituents is 1. The van der Waals surface area contributed by atoms with Gasteiger partial charge in [0, 0.05) is 36.3 Å². The second-order valence-corrected chi connectivity index (χ2v) is 5.72. The Morgan fingerprint density at radius 2 is 2.19 bits per heavy atom. The van der Waals surface area contributed by atoms with Gasteiger partial charge >= 0.3 is 0 Å². The Morgan fingerprint density at radius 3 is 2.90 bits per heavy atom. The Labute approximate surface area is 123 Å². The van der Waals surface area contributed by atoms with Crippen molar-refractivity contribution < 1.29 is 9.72 Å². The second kappa shape index (κ2) is 5.81. The smallest absolute Gasteiger partial charge is 0.270 e. The zero-order valence-corrected chi connectivity index (χ0v) is 11.8. The summed E-state index contributed by atoms with van der Waals surface area (Å²) in [5.74, 6) is -0.0881. The minimum absolute atomic E-state index is 0.0319. The van der Waals surface area contributed by atoms with Crippen molar-refractivity contribution in [2.45, 2.75) is 37.8 Å². The van der Waals surface area contributed by atoms with Gasteiger partial charge in [-0.3, -0.25) is 14.9 Å². The maximum absolute atomic E-state index is 12.7. The van der Waals surface area contributed by atoms with Gasteiger partial charge in [-0.05, 0) is 38.3 Å². The van der Waals surface area contributed by atoms with Gasteiger partial charge in [0.05, 0.1) is 4.92 Å². The maximum atomic E-state index is 12.7. The van der Waals surface area contributed by atoms with Gasteiger partial charge in [0.15, 0.2) is 0 Å². The Morgan fingerprint density at radius 1 is 1.33 bits per heavy atom. The lowest BCUT2D eigenvalue weighted by atomic mass is 10.0. The molecule has 2 heterocycles. The fraction of sp³-hybridized carbons (Fsp3) is 0.533. The predicted octanol–water partition coefficient (Wildman–Crippen LogP) is 1.95. The Kier molecular flexibility index (Phi) is 3.88. The predicted molar refractivity (Wildman–Crippen MR) is 78.2 cm³/mol. The van der Waals surface area contributed by atoms with Crippen LogP contribution in [0, 0.1) is 10.1 Å². The average molecular weight is 289 g/mol. The molecular weight excluding hydrogens is 270 g/mol. The molecule has 1 N–H and O–H groups in total. The van der Waals surface area contributed by atoms with Gasteiger partial charge in [0.25, 0.3) is 11.6 Å². The number of nitrogens with one attached hydrogen (secondary N) is 1. The van der Waals surface area contributed by atoms with Crippen LogP contribution in [-0.4, -0.2) is 40.9 Å². The van der Waals surface area contributed by atoms with E-state index in [0.717, 1.165) is 38.8 Å². The van der Waals surface area contributed by atoms with Gasteiger partial charge in [0.2, 0.25) is 0 Å². The highest BCUT2D eigenvalue weighted by atomic mass is 16.6. The number of hydrogen-bond acceptors (Lipinski definition) is 4. The van der Waals surface area contributed by atoms with Crippen LogP contribution in [0.4, 0.5) is 5.69 Å². The minimum atomic E-state index is -0.462. The summed E-state index contributed by atoms with van der Waals surface area (Å²) in [5, 5.41) is 14.3. The topological polar surface area (TPSA) is 75.5 Å². The van der Waals surface area contributed by atoms with Crippen molar-refractivity contribution in [1.82, 2.24) is 10.2 Å². The van der Waals surface area contributed by atoms with Crippen molar-refractivity contribution in [3.05, 3.63) is 39.9 Å². The molecule has 0 aromatic heterocycles. The van der Waals surface area contributed by atoms with Crippen LogP contribution in [0.1, 0.15) is 36.0 Å². The van der Waals surface area contributed by atoms with Gasteiger partial charge in [0.1, 0.15) is 0 Å². The SMILES string of the molecule is O=C(c1cccc([N+](=O)[O-])c1)N1CCCC1C1CCCN1. The normalized spacial score (nSPS) is 25.2. The van der Waals surface area contributed by atoms with E-state index in [1.54, 1.807) is 12.1 Å². The van der Waals surface area contributed by atoms with E-state index in [1.165, 1.54) is 12.1 Å². The highest BCUT2D eigenvalue weighted by molar-refractivity contribution is 5.95. The number of nitro groups is 1. The molecule has 1 aromatic rings. The largest absolute Gasteiger partial charge is 0.334 e. The summed E-state index contributed by atoms with van der Waals surface area (Å²) >= 11 is 0. The van der Waals surface area contributed by atoms with Gasteiger partial charge in [-0.2, -0.15) is 0 Å². The van der Waals surface area contributed by atoms with Gasteiger partial charge < -0.3 is 10.2 Å². The van der Waals surface area contributed by atoms with Crippen LogP contribution >= 0.6 is 0 Å². The zero-order chi connectivity index (χ0) is 14.8. The molecule has 0 spiro atoms. The van der Waals surface area contributed by atoms with Crippen LogP contribution in [0.2, 0.25) is 0 Å². The van der Waals surface area contributed by atoms with Crippen LogP contribution in [0.25, 0.3) is 0 Å². The number of carbonyl (C=O) groups is 1. The van der Waals surface area contributed by atoms with E-state index in [2.05, 4.69) is 5.32 Å². The number of amides is 1. The molecule has 1 amide bonds. The van der Waals surface area contributed by atoms with Crippen molar-refractivity contribution in [2.24, 2.45) is 0 Å². The van der Waals surface area contributed by atoms with E-state index in [1.807, 2.05) is 4.90 Å². The Bertz CT molecular complexity index is 555. The van der Waals surface area contributed by atoms with Gasteiger partial charge in [-0.25, -0.2) is 0 Å². The molecule has 21 heavy (non-hydrogen) atoms. The third-order valence-corrected chi connectivity index (χ3v) is 4.43. The van der Waals surface area contributed by atoms with Gasteiger partial charge in [-0.15, -0.1) is 0 Å². The quantitative estimate of drug-likeness (QED) is 0.681. The molecule has 2 unspecified atom stereocenters. The lowest BCUT2D eigenvalue weighted by molar-refractivity contribution is -0.384. The molecule has 2 atom stereocenters. The van der Waals surface area contributed by atoms with E-state index in [4.69, 9.17) is 0 Å². The molecular formula is C15H19N3O3. The average Bonchev–Trinajstić information content (AvgIpc) is 3.17. The Balaban J connectivity index is 1.80. The molecule has 0 saturated carbocycles. The van der Waals surface area contributed by atoms with Crippen LogP contribution in [-0.2, 0) is 0 Å². The number of likely N-dealkylation sites (tertiary alicyclic amines) is 1. The first kappa shape index (κ1) is 14.0. The van der Waals surface area contributed by atoms with E-state index in [9.17, 15) is 14.9 Å². The minimum Gasteiger partial charge on any atom is -0.334 e. The first-order chi connectivity index (χ1) is 10.2. The number of nitro benzene ring substituents is 1. The lowest BCUT2D eigenvalue weighted by Crippen LogP contribution is -2.46. The van der Waals surface area contributed by atoms with E-state index >= 15 is 0 Å². The third kappa shape index (κ3) is 2.76. The number of rotatable bonds is 3. The van der Waals surface area contributed by atoms with Crippen LogP contribution in [0.5, 0.6) is 0 Å². The van der Waals surface area contributed by atoms with Crippen molar-refractivity contribution in [3.8, 4) is 0 Å². The molecule has 0 radical (unpaired) electrons. The van der Waals surface area contributed by atoms with Crippen LogP contribution in [0.3, 0.4) is 0 Å². The standard InChI is InChI=1S/C15H19N3O3/c19-15(11-4-1-5-12(10-11)18(20)21)17-9-3-7-14(17)13-6-2-8-16-13/h1,4-5,10,13-14,16H,2-3,6-9H2. The highest BCUT2D eigenvalue weighted by Gasteiger charge is 2.36. The lowest BCUT2D eigenvalue weighted by Gasteiger charge is -2.29. The van der Waals surface area contributed by atoms with E-state index in [0.29, 0.717) is 11.6 Å². The molecule has 3 rings (SSSR count). The summed E-state index contributed by atoms with van der Waals surface area (Å²) in [6.07, 6.45) is 4.27. The summed E-state index contributed by atoms with van der Waals surface area (Å²) < 4.78 is 0. The van der Waals surface area contributed by atoms with Crippen molar-refractivity contribution in [1.29, 1.82) is 0 Å². The highest BCUT2D eigenvalue weighted by Crippen LogP contribution is 2.27. The number of nitrogens with zero attached hydrogens (tertiary/aromatic N) is 2. The molecule has 6 heteroatoms. The molecule has 112 valence electrons. The van der Waals surface area contributed by atoms with Crippen LogP contribution < -0.4 is 5.32 Å². The second-order valence-electron chi connectivity index (χ2n) is 5.72. The first-order valence-electron chi connectivity index (χ1n) is 7.45.